The number of carbonyl (C=O) groups is 3. The molecule has 1 saturated heterocycles. The number of likely N-dealkylation sites (tertiary alicyclic amines) is 1. The first kappa shape index (κ1) is 47.5. The standard InChI is InChI=1S/C48H75N2O5.K.H2O/c1-30(2)31-17-22-48(41(54)49-36-27-33(43(36,5)6)40(53)50-25-13-12-14-26-50)24-23-46(10)32(39(31)48)15-16-35-45(9)20-19-37(55-38(52)28-42(3,4)29-51)44(7,8)34(45)18-21-47(35,46)11;;/h31-37,39H,1,12-28H2,2-11H3,(H,49,54);;1H2/q-1;+1;/p-1/t31-,32?,33+,34?,35?,36?,37-,39?,45-,46+,47+,48-;;/m0../s1. The van der Waals surface area contributed by atoms with Gasteiger partial charge in [-0.15, -0.1) is 5.41 Å². The minimum Gasteiger partial charge on any atom is -0.870 e. The summed E-state index contributed by atoms with van der Waals surface area (Å²) in [6, 6.07) is 0.0297. The second kappa shape index (κ2) is 16.3. The van der Waals surface area contributed by atoms with Gasteiger partial charge in [0.05, 0.1) is 5.41 Å². The van der Waals surface area contributed by atoms with Gasteiger partial charge < -0.3 is 25.2 Å². The third kappa shape index (κ3) is 7.38. The van der Waals surface area contributed by atoms with Crippen LogP contribution in [0.2, 0.25) is 0 Å². The molecule has 5 unspecified atom stereocenters. The van der Waals surface area contributed by atoms with Gasteiger partial charge in [-0.25, -0.2) is 0 Å². The molecule has 0 aromatic heterocycles. The maximum absolute atomic E-state index is 15.0. The number of carbonyl (C=O) groups excluding carboxylic acids is 4. The van der Waals surface area contributed by atoms with Gasteiger partial charge in [-0.2, -0.15) is 0 Å². The molecule has 12 atom stereocenters. The topological polar surface area (TPSA) is 123 Å². The molecule has 0 bridgehead atoms. The van der Waals surface area contributed by atoms with E-state index in [1.807, 2.05) is 6.29 Å². The third-order valence-electron chi connectivity index (χ3n) is 19.1. The van der Waals surface area contributed by atoms with E-state index in [-0.39, 0.29) is 126 Å². The second-order valence-corrected chi connectivity index (χ2v) is 22.9. The van der Waals surface area contributed by atoms with Crippen molar-refractivity contribution in [3.05, 3.63) is 12.2 Å². The van der Waals surface area contributed by atoms with Gasteiger partial charge in [0.15, 0.2) is 0 Å². The zero-order valence-corrected chi connectivity index (χ0v) is 40.9. The van der Waals surface area contributed by atoms with Crippen LogP contribution in [0.25, 0.3) is 0 Å². The Balaban J connectivity index is 0.00000310. The summed E-state index contributed by atoms with van der Waals surface area (Å²) in [6.07, 6.45) is 16.6. The van der Waals surface area contributed by atoms with Crippen LogP contribution < -0.4 is 56.7 Å². The molecule has 0 spiro atoms. The van der Waals surface area contributed by atoms with E-state index in [2.05, 4.69) is 72.2 Å². The molecule has 2 N–H and O–H groups in total. The molecule has 8 nitrogen and oxygen atoms in total. The van der Waals surface area contributed by atoms with Gasteiger partial charge in [-0.3, -0.25) is 20.7 Å². The number of nitrogens with one attached hydrogen (secondary N) is 1. The maximum Gasteiger partial charge on any atom is 1.00 e. The number of esters is 1. The van der Waals surface area contributed by atoms with E-state index in [1.54, 1.807) is 13.8 Å². The summed E-state index contributed by atoms with van der Waals surface area (Å²) < 4.78 is 6.24. The van der Waals surface area contributed by atoms with Crippen LogP contribution >= 0.6 is 0 Å². The van der Waals surface area contributed by atoms with Gasteiger partial charge in [0, 0.05) is 36.9 Å². The Morgan fingerprint density at radius 3 is 2.11 bits per heavy atom. The van der Waals surface area contributed by atoms with E-state index in [9.17, 15) is 14.4 Å². The number of amides is 2. The van der Waals surface area contributed by atoms with Gasteiger partial charge >= 0.3 is 57.4 Å². The molecular formula is C48H76KN2O6-. The average molecular weight is 816 g/mol. The third-order valence-corrected chi connectivity index (χ3v) is 19.1. The van der Waals surface area contributed by atoms with Crippen molar-refractivity contribution in [1.82, 2.24) is 10.2 Å². The van der Waals surface area contributed by atoms with E-state index in [0.717, 1.165) is 90.1 Å². The molecule has 7 rings (SSSR count). The van der Waals surface area contributed by atoms with Crippen LogP contribution in [0.15, 0.2) is 12.2 Å². The quantitative estimate of drug-likeness (QED) is 0.130. The van der Waals surface area contributed by atoms with Crippen molar-refractivity contribution in [1.29, 1.82) is 0 Å². The first-order valence-corrected chi connectivity index (χ1v) is 22.4. The number of allylic oxidation sites excluding steroid dienone is 1. The largest absolute Gasteiger partial charge is 1.00 e. The summed E-state index contributed by atoms with van der Waals surface area (Å²) in [5, 5.41) is 3.65. The van der Waals surface area contributed by atoms with E-state index in [1.165, 1.54) is 18.4 Å². The molecule has 0 aromatic carbocycles. The van der Waals surface area contributed by atoms with Crippen molar-refractivity contribution in [2.45, 2.75) is 178 Å². The number of ether oxygens (including phenoxy) is 1. The Kier molecular flexibility index (Phi) is 13.6. The second-order valence-electron chi connectivity index (χ2n) is 22.9. The fourth-order valence-electron chi connectivity index (χ4n) is 15.5. The van der Waals surface area contributed by atoms with Gasteiger partial charge in [-0.1, -0.05) is 74.5 Å². The van der Waals surface area contributed by atoms with Gasteiger partial charge in [0.25, 0.3) is 0 Å². The van der Waals surface area contributed by atoms with Crippen LogP contribution in [-0.2, 0) is 23.9 Å². The first-order chi connectivity index (χ1) is 25.6. The van der Waals surface area contributed by atoms with Gasteiger partial charge in [0.2, 0.25) is 11.8 Å². The van der Waals surface area contributed by atoms with Crippen molar-refractivity contribution in [3.8, 4) is 0 Å². The van der Waals surface area contributed by atoms with Crippen LogP contribution in [-0.4, -0.2) is 59.7 Å². The normalized spacial score (nSPS) is 42.8. The van der Waals surface area contributed by atoms with Crippen molar-refractivity contribution in [2.24, 2.45) is 73.4 Å². The molecule has 2 amide bonds. The zero-order valence-electron chi connectivity index (χ0n) is 37.8. The summed E-state index contributed by atoms with van der Waals surface area (Å²) >= 11 is 0. The Bertz CT molecular complexity index is 1590. The predicted molar refractivity (Wildman–Crippen MR) is 219 cm³/mol. The Morgan fingerprint density at radius 1 is 0.825 bits per heavy atom. The van der Waals surface area contributed by atoms with E-state index in [4.69, 9.17) is 4.74 Å². The molecule has 1 heterocycles. The van der Waals surface area contributed by atoms with Crippen molar-refractivity contribution in [3.63, 3.8) is 0 Å². The summed E-state index contributed by atoms with van der Waals surface area (Å²) in [6.45, 7) is 28.9. The number of rotatable bonds is 8. The molecule has 7 aliphatic rings. The summed E-state index contributed by atoms with van der Waals surface area (Å²) in [5.74, 6) is 2.38. The van der Waals surface area contributed by atoms with E-state index < -0.39 is 5.41 Å². The molecule has 316 valence electrons. The minimum atomic E-state index is -0.838. The fourth-order valence-corrected chi connectivity index (χ4v) is 15.5. The number of fused-ring (bicyclic) bond motifs is 7. The van der Waals surface area contributed by atoms with Gasteiger partial charge in [-0.05, 0) is 148 Å². The number of hydrogen-bond donors (Lipinski definition) is 1. The Hall–Kier alpha value is -0.584. The smallest absolute Gasteiger partial charge is 0.870 e. The monoisotopic (exact) mass is 816 g/mol. The molecule has 0 radical (unpaired) electrons. The van der Waals surface area contributed by atoms with E-state index in [0.29, 0.717) is 35.5 Å². The summed E-state index contributed by atoms with van der Waals surface area (Å²) in [7, 11) is 0. The van der Waals surface area contributed by atoms with Crippen LogP contribution in [0.1, 0.15) is 166 Å². The molecule has 7 fully saturated rings. The molecule has 0 aromatic rings. The molecule has 6 saturated carbocycles. The first-order valence-electron chi connectivity index (χ1n) is 22.4. The summed E-state index contributed by atoms with van der Waals surface area (Å²) in [5.41, 5.74) is 0.00610. The Labute approximate surface area is 388 Å². The van der Waals surface area contributed by atoms with Crippen molar-refractivity contribution >= 4 is 24.1 Å². The van der Waals surface area contributed by atoms with Crippen LogP contribution in [0.5, 0.6) is 0 Å². The Morgan fingerprint density at radius 2 is 1.49 bits per heavy atom. The van der Waals surface area contributed by atoms with Crippen LogP contribution in [0, 0.1) is 73.4 Å². The predicted octanol–water partition coefficient (Wildman–Crippen LogP) is 6.45. The molecule has 57 heavy (non-hydrogen) atoms. The summed E-state index contributed by atoms with van der Waals surface area (Å²) in [4.78, 5) is 55.2. The van der Waals surface area contributed by atoms with Crippen molar-refractivity contribution in [2.75, 3.05) is 13.1 Å². The molecule has 9 heteroatoms. The van der Waals surface area contributed by atoms with E-state index >= 15 is 4.79 Å². The van der Waals surface area contributed by atoms with Gasteiger partial charge in [0.1, 0.15) is 6.10 Å². The number of piperidine rings is 1. The molecule has 6 aliphatic carbocycles. The van der Waals surface area contributed by atoms with Crippen LogP contribution in [0.4, 0.5) is 0 Å². The number of hydrogen-bond acceptors (Lipinski definition) is 6. The zero-order chi connectivity index (χ0) is 40.1. The molecule has 1 aliphatic heterocycles. The maximum atomic E-state index is 15.0. The molecular weight excluding hydrogens is 740 g/mol. The number of nitrogens with zero attached hydrogens (tertiary/aromatic N) is 1. The van der Waals surface area contributed by atoms with Crippen molar-refractivity contribution < 1.29 is 80.8 Å². The SMILES string of the molecule is C=C(C)[C@@H]1CC[C@]2(C(=O)NC3C[C@H](C(=O)N4CCCCC4)C3(C)C)CC[C@]3(C)C(CCC4[C@@]5(C)CC[C@H](OC(=O)CC(C)(C)[C-]=O)C(C)(C)C5CC[C@]43C)C12.[K+].[OH-]. The minimum absolute atomic E-state index is 0. The fraction of sp³-hybridized carbons (Fsp3) is 0.875. The van der Waals surface area contributed by atoms with Crippen LogP contribution in [0.3, 0.4) is 0 Å². The average Bonchev–Trinajstić information content (AvgIpc) is 3.53.